The first-order valence-electron chi connectivity index (χ1n) is 10.7. The zero-order chi connectivity index (χ0) is 20.9. The normalized spacial score (nSPS) is 15.6. The highest BCUT2D eigenvalue weighted by molar-refractivity contribution is 6.09. The molecule has 1 saturated heterocycles. The van der Waals surface area contributed by atoms with E-state index in [-0.39, 0.29) is 17.6 Å². The smallest absolute Gasteiger partial charge is 0.229 e. The molecule has 1 aliphatic heterocycles. The van der Waals surface area contributed by atoms with Crippen molar-refractivity contribution in [3.05, 3.63) is 107 Å². The maximum Gasteiger partial charge on any atom is 0.229 e. The van der Waals surface area contributed by atoms with E-state index in [9.17, 15) is 9.59 Å². The number of ketones is 1. The van der Waals surface area contributed by atoms with Gasteiger partial charge in [-0.3, -0.25) is 9.59 Å². The van der Waals surface area contributed by atoms with E-state index in [4.69, 9.17) is 0 Å². The van der Waals surface area contributed by atoms with Crippen molar-refractivity contribution in [1.29, 1.82) is 0 Å². The van der Waals surface area contributed by atoms with Gasteiger partial charge >= 0.3 is 0 Å². The van der Waals surface area contributed by atoms with E-state index in [1.54, 1.807) is 0 Å². The molecule has 1 heterocycles. The number of nitrogens with zero attached hydrogens (tertiary/aromatic N) is 1. The molecule has 0 N–H and O–H groups in total. The van der Waals surface area contributed by atoms with Crippen LogP contribution in [-0.2, 0) is 4.79 Å². The summed E-state index contributed by atoms with van der Waals surface area (Å²) in [5, 5.41) is 0. The molecule has 0 aromatic heterocycles. The van der Waals surface area contributed by atoms with Gasteiger partial charge in [-0.15, -0.1) is 0 Å². The predicted octanol–water partition coefficient (Wildman–Crippen LogP) is 5.43. The van der Waals surface area contributed by atoms with E-state index in [0.29, 0.717) is 17.0 Å². The minimum Gasteiger partial charge on any atom is -0.342 e. The first kappa shape index (κ1) is 20.1. The van der Waals surface area contributed by atoms with Gasteiger partial charge < -0.3 is 4.90 Å². The van der Waals surface area contributed by atoms with Crippen LogP contribution < -0.4 is 0 Å². The molecule has 0 bridgehead atoms. The lowest BCUT2D eigenvalue weighted by molar-refractivity contribution is -0.133. The van der Waals surface area contributed by atoms with Crippen LogP contribution in [0.15, 0.2) is 84.9 Å². The van der Waals surface area contributed by atoms with Crippen molar-refractivity contribution < 1.29 is 9.59 Å². The molecule has 152 valence electrons. The molecule has 0 spiro atoms. The first-order valence-corrected chi connectivity index (χ1v) is 10.7. The summed E-state index contributed by atoms with van der Waals surface area (Å²) in [7, 11) is 0. The Kier molecular flexibility index (Phi) is 6.08. The topological polar surface area (TPSA) is 37.4 Å². The van der Waals surface area contributed by atoms with E-state index >= 15 is 0 Å². The molecule has 1 atom stereocenters. The Bertz CT molecular complexity index is 1010. The number of benzene rings is 3. The summed E-state index contributed by atoms with van der Waals surface area (Å²) in [6, 6.07) is 27.3. The second-order valence-corrected chi connectivity index (χ2v) is 8.05. The summed E-state index contributed by atoms with van der Waals surface area (Å²) < 4.78 is 0. The second-order valence-electron chi connectivity index (χ2n) is 8.05. The Balaban J connectivity index is 1.43. The van der Waals surface area contributed by atoms with Crippen molar-refractivity contribution in [2.45, 2.75) is 31.6 Å². The summed E-state index contributed by atoms with van der Waals surface area (Å²) in [5.41, 5.74) is 3.55. The van der Waals surface area contributed by atoms with Crippen LogP contribution in [0.1, 0.15) is 58.6 Å². The van der Waals surface area contributed by atoms with Gasteiger partial charge in [0.2, 0.25) is 5.91 Å². The standard InChI is InChI=1S/C27H27NO2/c1-20(24-13-8-14-25(19-24)26(29)23-11-6-3-7-12-23)27(30)28-17-15-22(16-18-28)21-9-4-2-5-10-21/h2-14,19-20,22H,15-18H2,1H3. The molecule has 3 aromatic rings. The molecule has 3 aromatic carbocycles. The third-order valence-corrected chi connectivity index (χ3v) is 6.13. The zero-order valence-corrected chi connectivity index (χ0v) is 17.3. The largest absolute Gasteiger partial charge is 0.342 e. The lowest BCUT2D eigenvalue weighted by Crippen LogP contribution is -2.40. The van der Waals surface area contributed by atoms with Crippen LogP contribution >= 0.6 is 0 Å². The highest BCUT2D eigenvalue weighted by Gasteiger charge is 2.27. The van der Waals surface area contributed by atoms with Crippen LogP contribution in [0.5, 0.6) is 0 Å². The van der Waals surface area contributed by atoms with Crippen LogP contribution in [0, 0.1) is 0 Å². The highest BCUT2D eigenvalue weighted by Crippen LogP contribution is 2.30. The molecule has 1 aliphatic rings. The van der Waals surface area contributed by atoms with Gasteiger partial charge in [-0.2, -0.15) is 0 Å². The van der Waals surface area contributed by atoms with Gasteiger partial charge in [0.15, 0.2) is 5.78 Å². The van der Waals surface area contributed by atoms with E-state index in [2.05, 4.69) is 24.3 Å². The lowest BCUT2D eigenvalue weighted by Gasteiger charge is -2.34. The van der Waals surface area contributed by atoms with Crippen LogP contribution in [-0.4, -0.2) is 29.7 Å². The molecule has 3 nitrogen and oxygen atoms in total. The first-order chi connectivity index (χ1) is 14.6. The molecule has 0 saturated carbocycles. The van der Waals surface area contributed by atoms with Crippen molar-refractivity contribution in [3.8, 4) is 0 Å². The number of carbonyl (C=O) groups is 2. The third-order valence-electron chi connectivity index (χ3n) is 6.13. The van der Waals surface area contributed by atoms with Crippen molar-refractivity contribution in [2.24, 2.45) is 0 Å². The van der Waals surface area contributed by atoms with Gasteiger partial charge in [0.25, 0.3) is 0 Å². The zero-order valence-electron chi connectivity index (χ0n) is 17.3. The van der Waals surface area contributed by atoms with Crippen LogP contribution in [0.2, 0.25) is 0 Å². The maximum absolute atomic E-state index is 13.1. The van der Waals surface area contributed by atoms with Crippen molar-refractivity contribution in [3.63, 3.8) is 0 Å². The Morgan fingerprint density at radius 1 is 0.800 bits per heavy atom. The van der Waals surface area contributed by atoms with E-state index < -0.39 is 0 Å². The molecule has 3 heteroatoms. The highest BCUT2D eigenvalue weighted by atomic mass is 16.2. The van der Waals surface area contributed by atoms with Gasteiger partial charge in [-0.05, 0) is 42.9 Å². The fourth-order valence-corrected chi connectivity index (χ4v) is 4.28. The summed E-state index contributed by atoms with van der Waals surface area (Å²) in [5.74, 6) is 0.394. The number of piperidine rings is 1. The van der Waals surface area contributed by atoms with Crippen molar-refractivity contribution in [1.82, 2.24) is 4.90 Å². The van der Waals surface area contributed by atoms with Crippen molar-refractivity contribution >= 4 is 11.7 Å². The minimum atomic E-state index is -0.262. The average Bonchev–Trinajstić information content (AvgIpc) is 2.84. The van der Waals surface area contributed by atoms with Gasteiger partial charge in [0.05, 0.1) is 5.92 Å². The molecule has 30 heavy (non-hydrogen) atoms. The molecular formula is C27H27NO2. The SMILES string of the molecule is CC(C(=O)N1CCC(c2ccccc2)CC1)c1cccc(C(=O)c2ccccc2)c1. The summed E-state index contributed by atoms with van der Waals surface area (Å²) in [6.07, 6.45) is 1.99. The molecule has 0 radical (unpaired) electrons. The van der Waals surface area contributed by atoms with Gasteiger partial charge in [-0.1, -0.05) is 78.9 Å². The molecular weight excluding hydrogens is 370 g/mol. The van der Waals surface area contributed by atoms with E-state index in [1.807, 2.05) is 72.5 Å². The number of likely N-dealkylation sites (tertiary alicyclic amines) is 1. The third kappa shape index (κ3) is 4.35. The quantitative estimate of drug-likeness (QED) is 0.539. The Morgan fingerprint density at radius 2 is 1.40 bits per heavy atom. The van der Waals surface area contributed by atoms with Crippen LogP contribution in [0.4, 0.5) is 0 Å². The summed E-state index contributed by atoms with van der Waals surface area (Å²) in [6.45, 7) is 3.51. The van der Waals surface area contributed by atoms with E-state index in [1.165, 1.54) is 5.56 Å². The summed E-state index contributed by atoms with van der Waals surface area (Å²) in [4.78, 5) is 27.9. The number of hydrogen-bond acceptors (Lipinski definition) is 2. The second kappa shape index (κ2) is 9.08. The molecule has 1 fully saturated rings. The maximum atomic E-state index is 13.1. The van der Waals surface area contributed by atoms with Gasteiger partial charge in [0, 0.05) is 24.2 Å². The monoisotopic (exact) mass is 397 g/mol. The molecule has 4 rings (SSSR count). The molecule has 1 amide bonds. The van der Waals surface area contributed by atoms with Crippen molar-refractivity contribution in [2.75, 3.05) is 13.1 Å². The van der Waals surface area contributed by atoms with E-state index in [0.717, 1.165) is 31.5 Å². The average molecular weight is 398 g/mol. The number of hydrogen-bond donors (Lipinski definition) is 0. The Hall–Kier alpha value is -3.20. The number of carbonyl (C=O) groups excluding carboxylic acids is 2. The molecule has 1 unspecified atom stereocenters. The number of rotatable bonds is 5. The fraction of sp³-hybridized carbons (Fsp3) is 0.259. The van der Waals surface area contributed by atoms with Gasteiger partial charge in [-0.25, -0.2) is 0 Å². The summed E-state index contributed by atoms with van der Waals surface area (Å²) >= 11 is 0. The fourth-order valence-electron chi connectivity index (χ4n) is 4.28. The molecule has 0 aliphatic carbocycles. The van der Waals surface area contributed by atoms with Gasteiger partial charge in [0.1, 0.15) is 0 Å². The number of amides is 1. The predicted molar refractivity (Wildman–Crippen MR) is 120 cm³/mol. The minimum absolute atomic E-state index is 0.0132. The Morgan fingerprint density at radius 3 is 2.07 bits per heavy atom. The van der Waals surface area contributed by atoms with Crippen LogP contribution in [0.3, 0.4) is 0 Å². The Labute approximate surface area is 178 Å². The van der Waals surface area contributed by atoms with Crippen LogP contribution in [0.25, 0.3) is 0 Å². The lowest BCUT2D eigenvalue weighted by atomic mass is 9.88.